The summed E-state index contributed by atoms with van der Waals surface area (Å²) >= 11 is 0. The van der Waals surface area contributed by atoms with Crippen LogP contribution in [0.5, 0.6) is 0 Å². The zero-order valence-electron chi connectivity index (χ0n) is 37.5. The molecule has 56 heavy (non-hydrogen) atoms. The first kappa shape index (κ1) is 56.1. The van der Waals surface area contributed by atoms with Crippen molar-refractivity contribution in [3.05, 3.63) is 0 Å². The van der Waals surface area contributed by atoms with Gasteiger partial charge in [-0.1, -0.05) is 106 Å². The fraction of sp³-hybridized carbons (Fsp3) is 0.864. The van der Waals surface area contributed by atoms with Gasteiger partial charge in [-0.05, 0) is 106 Å². The quantitative estimate of drug-likeness (QED) is 0.0614. The molecule has 0 aromatic rings. The summed E-state index contributed by atoms with van der Waals surface area (Å²) in [7, 11) is 0. The lowest BCUT2D eigenvalue weighted by Crippen LogP contribution is -2.23. The van der Waals surface area contributed by atoms with E-state index in [0.717, 1.165) is 64.2 Å². The number of hydrogen-bond acceptors (Lipinski definition) is 12. The van der Waals surface area contributed by atoms with Gasteiger partial charge in [0.15, 0.2) is 33.2 Å². The van der Waals surface area contributed by atoms with Crippen LogP contribution in [0.1, 0.15) is 212 Å². The third-order valence-electron chi connectivity index (χ3n) is 9.86. The van der Waals surface area contributed by atoms with Crippen LogP contribution in [0.15, 0.2) is 30.7 Å². The van der Waals surface area contributed by atoms with Gasteiger partial charge in [0.2, 0.25) is 0 Å². The van der Waals surface area contributed by atoms with Crippen LogP contribution in [0.4, 0.5) is 0 Å². The topological polar surface area (TPSA) is 217 Å². The van der Waals surface area contributed by atoms with E-state index in [1.54, 1.807) is 27.7 Å². The van der Waals surface area contributed by atoms with Gasteiger partial charge in [0.1, 0.15) is 0 Å². The molecule has 6 unspecified atom stereocenters. The van der Waals surface area contributed by atoms with E-state index in [4.69, 9.17) is 10.5 Å². The molecule has 0 radical (unpaired) electrons. The molecule has 0 saturated carbocycles. The van der Waals surface area contributed by atoms with Crippen LogP contribution in [0.2, 0.25) is 0 Å². The maximum Gasteiger partial charge on any atom is 0.164 e. The number of azo groups is 3. The maximum atomic E-state index is 9.37. The summed E-state index contributed by atoms with van der Waals surface area (Å²) in [5.74, 6) is 0. The predicted molar refractivity (Wildman–Crippen MR) is 225 cm³/mol. The molecular weight excluding hydrogens is 697 g/mol. The number of nitrogens with zero attached hydrogens (tertiary/aromatic N) is 12. The number of unbranched alkanes of at least 4 members (excludes halogenated alkanes) is 10. The molecule has 0 aliphatic heterocycles. The minimum atomic E-state index is -0.798. The van der Waals surface area contributed by atoms with Crippen molar-refractivity contribution in [1.82, 2.24) is 0 Å². The van der Waals surface area contributed by atoms with Crippen LogP contribution in [0.25, 0.3) is 0 Å². The van der Waals surface area contributed by atoms with E-state index in [0.29, 0.717) is 38.5 Å². The van der Waals surface area contributed by atoms with Gasteiger partial charge in [-0.25, -0.2) is 0 Å². The first-order valence-electron chi connectivity index (χ1n) is 21.1. The lowest BCUT2D eigenvalue weighted by Gasteiger charge is -2.19. The Morgan fingerprint density at radius 1 is 0.286 bits per heavy atom. The summed E-state index contributed by atoms with van der Waals surface area (Å²) in [6.07, 6.45) is 19.3. The summed E-state index contributed by atoms with van der Waals surface area (Å²) in [6.45, 7) is 23.0. The van der Waals surface area contributed by atoms with Gasteiger partial charge in [-0.2, -0.15) is 62.3 Å². The summed E-state index contributed by atoms with van der Waals surface area (Å²) < 4.78 is 0. The summed E-state index contributed by atoms with van der Waals surface area (Å²) in [5, 5.41) is 79.8. The highest BCUT2D eigenvalue weighted by molar-refractivity contribution is 5.09. The molecule has 0 aliphatic carbocycles. The van der Waals surface area contributed by atoms with Gasteiger partial charge >= 0.3 is 0 Å². The lowest BCUT2D eigenvalue weighted by atomic mass is 9.95. The van der Waals surface area contributed by atoms with Gasteiger partial charge in [-0.15, -0.1) is 0 Å². The Hall–Kier alpha value is -4.26. The monoisotopic (exact) mass is 773 g/mol. The Labute approximate surface area is 342 Å². The van der Waals surface area contributed by atoms with Crippen LogP contribution < -0.4 is 0 Å². The fourth-order valence-electron chi connectivity index (χ4n) is 4.75. The second kappa shape index (κ2) is 30.9. The van der Waals surface area contributed by atoms with E-state index in [1.807, 2.05) is 27.7 Å². The van der Waals surface area contributed by atoms with Crippen molar-refractivity contribution in [2.75, 3.05) is 0 Å². The Morgan fingerprint density at radius 3 is 0.643 bits per heavy atom. The summed E-state index contributed by atoms with van der Waals surface area (Å²) in [4.78, 5) is 0. The predicted octanol–water partition coefficient (Wildman–Crippen LogP) is 13.9. The van der Waals surface area contributed by atoms with Crippen molar-refractivity contribution < 1.29 is 0 Å². The van der Waals surface area contributed by atoms with E-state index in [2.05, 4.69) is 94.8 Å². The first-order chi connectivity index (χ1) is 26.3. The number of hydrogen-bond donors (Lipinski definition) is 0. The van der Waals surface area contributed by atoms with Crippen LogP contribution in [-0.4, -0.2) is 33.2 Å². The van der Waals surface area contributed by atoms with Crippen molar-refractivity contribution in [2.45, 2.75) is 245 Å². The van der Waals surface area contributed by atoms with Gasteiger partial charge in [0.05, 0.1) is 36.4 Å². The zero-order valence-corrected chi connectivity index (χ0v) is 37.5. The Bertz CT molecular complexity index is 1310. The third-order valence-corrected chi connectivity index (χ3v) is 9.86. The van der Waals surface area contributed by atoms with Crippen molar-refractivity contribution in [1.29, 1.82) is 31.6 Å². The third kappa shape index (κ3) is 26.5. The smallest absolute Gasteiger partial charge is 0.164 e. The second-order valence-electron chi connectivity index (χ2n) is 16.2. The molecule has 0 aromatic carbocycles. The highest BCUT2D eigenvalue weighted by Crippen LogP contribution is 2.27. The number of rotatable bonds is 26. The molecule has 0 spiro atoms. The normalized spacial score (nSPS) is 17.5. The minimum Gasteiger partial charge on any atom is -0.196 e. The first-order valence-corrected chi connectivity index (χ1v) is 21.1. The van der Waals surface area contributed by atoms with Crippen molar-refractivity contribution >= 4 is 0 Å². The largest absolute Gasteiger partial charge is 0.196 e. The summed E-state index contributed by atoms with van der Waals surface area (Å²) in [5.41, 5.74) is -4.78. The van der Waals surface area contributed by atoms with Gasteiger partial charge in [0.25, 0.3) is 0 Å². The molecule has 12 heteroatoms. The highest BCUT2D eigenvalue weighted by Gasteiger charge is 2.29. The molecule has 0 aliphatic rings. The van der Waals surface area contributed by atoms with Crippen LogP contribution in [0, 0.1) is 68.0 Å². The molecule has 0 aromatic heterocycles. The Morgan fingerprint density at radius 2 is 0.464 bits per heavy atom. The molecule has 0 heterocycles. The van der Waals surface area contributed by atoms with Crippen LogP contribution in [-0.2, 0) is 0 Å². The van der Waals surface area contributed by atoms with E-state index in [-0.39, 0.29) is 0 Å². The SMILES string of the molecule is CCC(C)(C#N)N=NC(C)(C#N)CC.CCCCCC(C)(C#N)N=NC(C)(C#N)CCCCC.CCCCCCC(C)(C#N)N=NC(C)(C#N)CCCCCC. The molecule has 0 bridgehead atoms. The minimum absolute atomic E-state index is 0.595. The average molecular weight is 773 g/mol. The summed E-state index contributed by atoms with van der Waals surface area (Å²) in [6, 6.07) is 13.1. The average Bonchev–Trinajstić information content (AvgIpc) is 3.22. The van der Waals surface area contributed by atoms with Crippen LogP contribution in [0.3, 0.4) is 0 Å². The molecule has 0 N–H and O–H groups in total. The second-order valence-corrected chi connectivity index (χ2v) is 16.2. The molecule has 312 valence electrons. The van der Waals surface area contributed by atoms with E-state index < -0.39 is 33.2 Å². The Balaban J connectivity index is -0.000000771. The van der Waals surface area contributed by atoms with Gasteiger partial charge in [-0.3, -0.25) is 0 Å². The van der Waals surface area contributed by atoms with Crippen LogP contribution >= 0.6 is 0 Å². The molecule has 0 amide bonds. The molecule has 0 rings (SSSR count). The fourth-order valence-corrected chi connectivity index (χ4v) is 4.75. The van der Waals surface area contributed by atoms with Crippen molar-refractivity contribution in [3.8, 4) is 36.4 Å². The molecular formula is C44H76N12. The highest BCUT2D eigenvalue weighted by atomic mass is 15.2. The van der Waals surface area contributed by atoms with E-state index in [1.165, 1.54) is 25.7 Å². The lowest BCUT2D eigenvalue weighted by molar-refractivity contribution is 0.425. The molecule has 12 nitrogen and oxygen atoms in total. The van der Waals surface area contributed by atoms with Gasteiger partial charge < -0.3 is 0 Å². The zero-order chi connectivity index (χ0) is 43.6. The number of nitriles is 6. The standard InChI is InChI=1S/C18H32N4.C16H28N4.C10H16N4/c1-5-7-9-11-13-17(3,15-19)21-22-18(4,16-20)14-12-10-8-6-2;1-5-7-9-11-15(3,13-17)19-20-16(4,14-18)12-10-8-6-2;1-5-9(3,7-11)13-14-10(4,6-2)8-12/h5-14H2,1-4H3;5-12H2,1-4H3;5-6H2,1-4H3. The molecule has 0 fully saturated rings. The van der Waals surface area contributed by atoms with Gasteiger partial charge in [0, 0.05) is 0 Å². The van der Waals surface area contributed by atoms with Crippen molar-refractivity contribution in [2.24, 2.45) is 30.7 Å². The maximum absolute atomic E-state index is 9.37. The molecule has 6 atom stereocenters. The van der Waals surface area contributed by atoms with Crippen molar-refractivity contribution in [3.63, 3.8) is 0 Å². The Kier molecular flexibility index (Phi) is 30.9. The van der Waals surface area contributed by atoms with E-state index in [9.17, 15) is 21.0 Å². The van der Waals surface area contributed by atoms with E-state index >= 15 is 0 Å². The molecule has 0 saturated heterocycles.